The molecule has 0 saturated carbocycles. The largest absolute Gasteiger partial charge is 0.416 e. The van der Waals surface area contributed by atoms with Gasteiger partial charge in [0.1, 0.15) is 0 Å². The molecule has 3 aliphatic rings. The second-order valence-electron chi connectivity index (χ2n) is 9.18. The van der Waals surface area contributed by atoms with E-state index in [4.69, 9.17) is 4.74 Å². The van der Waals surface area contributed by atoms with Crippen molar-refractivity contribution in [3.63, 3.8) is 0 Å². The first-order valence-electron chi connectivity index (χ1n) is 11.4. The second kappa shape index (κ2) is 9.03. The molecule has 2 unspecified atom stereocenters. The quantitative estimate of drug-likeness (QED) is 0.679. The number of carbonyl (C=O) groups is 2. The maximum absolute atomic E-state index is 13.0. The van der Waals surface area contributed by atoms with Gasteiger partial charge < -0.3 is 14.5 Å². The van der Waals surface area contributed by atoms with Crippen LogP contribution in [-0.2, 0) is 17.5 Å². The minimum absolute atomic E-state index is 0.161. The van der Waals surface area contributed by atoms with Crippen molar-refractivity contribution >= 4 is 11.9 Å². The Bertz CT molecular complexity index is 1050. The van der Waals surface area contributed by atoms with Crippen molar-refractivity contribution in [2.75, 3.05) is 52.5 Å². The van der Waals surface area contributed by atoms with Gasteiger partial charge in [-0.3, -0.25) is 9.69 Å². The number of benzene rings is 1. The molecule has 8 nitrogen and oxygen atoms in total. The first-order valence-corrected chi connectivity index (χ1v) is 11.4. The number of rotatable bonds is 3. The molecule has 0 aliphatic carbocycles. The fourth-order valence-corrected chi connectivity index (χ4v) is 5.11. The Morgan fingerprint density at radius 2 is 1.74 bits per heavy atom. The summed E-state index contributed by atoms with van der Waals surface area (Å²) in [5.41, 5.74) is 0.380. The van der Waals surface area contributed by atoms with E-state index in [1.54, 1.807) is 15.9 Å². The molecule has 0 bridgehead atoms. The topological polar surface area (TPSA) is 70.9 Å². The van der Waals surface area contributed by atoms with Crippen LogP contribution in [0.5, 0.6) is 0 Å². The Hall–Kier alpha value is -2.92. The minimum atomic E-state index is -4.35. The molecule has 2 amide bonds. The number of fused-ring (bicyclic) bond motifs is 1. The monoisotopic (exact) mass is 477 g/mol. The fraction of sp³-hybridized carbons (Fsp3) is 0.522. The van der Waals surface area contributed by atoms with Gasteiger partial charge in [0.25, 0.3) is 5.91 Å². The van der Waals surface area contributed by atoms with E-state index in [-0.39, 0.29) is 23.8 Å². The van der Waals surface area contributed by atoms with Crippen LogP contribution in [0.3, 0.4) is 0 Å². The molecule has 2 aromatic rings. The van der Waals surface area contributed by atoms with Crippen LogP contribution in [0.1, 0.15) is 21.5 Å². The third-order valence-electron chi connectivity index (χ3n) is 6.82. The van der Waals surface area contributed by atoms with Gasteiger partial charge in [-0.2, -0.15) is 23.0 Å². The van der Waals surface area contributed by atoms with Gasteiger partial charge in [0.2, 0.25) is 0 Å². The lowest BCUT2D eigenvalue weighted by Gasteiger charge is -2.26. The van der Waals surface area contributed by atoms with Crippen molar-refractivity contribution in [3.05, 3.63) is 53.3 Å². The highest BCUT2D eigenvalue weighted by molar-refractivity contribution is 5.94. The Labute approximate surface area is 194 Å². The predicted molar refractivity (Wildman–Crippen MR) is 115 cm³/mol. The highest BCUT2D eigenvalue weighted by atomic mass is 19.4. The van der Waals surface area contributed by atoms with Crippen LogP contribution in [0, 0.1) is 11.8 Å². The third-order valence-corrected chi connectivity index (χ3v) is 6.82. The molecule has 3 fully saturated rings. The molecular formula is C23H26F3N5O3. The highest BCUT2D eigenvalue weighted by Crippen LogP contribution is 2.33. The van der Waals surface area contributed by atoms with Crippen LogP contribution in [0.15, 0.2) is 36.7 Å². The van der Waals surface area contributed by atoms with Crippen LogP contribution < -0.4 is 0 Å². The number of likely N-dealkylation sites (tertiary alicyclic amines) is 2. The standard InChI is InChI=1S/C23H26F3N5O3/c24-23(25,26)20-3-1-2-16(8-20)10-28-11-18-13-30(14-19(18)12-28)22(33)31-15-17(9-27-31)21(32)29-4-6-34-7-5-29/h1-3,8-9,15,18-19H,4-7,10-14H2. The lowest BCUT2D eigenvalue weighted by molar-refractivity contribution is -0.137. The molecule has 182 valence electrons. The third kappa shape index (κ3) is 4.67. The van der Waals surface area contributed by atoms with Crippen LogP contribution >= 0.6 is 0 Å². The highest BCUT2D eigenvalue weighted by Gasteiger charge is 2.42. The van der Waals surface area contributed by atoms with Crippen LogP contribution in [0.4, 0.5) is 18.0 Å². The Kier molecular flexibility index (Phi) is 6.07. The molecule has 4 heterocycles. The van der Waals surface area contributed by atoms with Gasteiger partial charge in [-0.05, 0) is 23.5 Å². The molecule has 1 aromatic heterocycles. The van der Waals surface area contributed by atoms with E-state index < -0.39 is 11.7 Å². The first-order chi connectivity index (χ1) is 16.3. The van der Waals surface area contributed by atoms with Crippen molar-refractivity contribution in [1.82, 2.24) is 24.5 Å². The number of nitrogens with zero attached hydrogens (tertiary/aromatic N) is 5. The summed E-state index contributed by atoms with van der Waals surface area (Å²) in [5, 5.41) is 4.11. The van der Waals surface area contributed by atoms with Gasteiger partial charge in [0.05, 0.1) is 30.5 Å². The molecule has 3 saturated heterocycles. The smallest absolute Gasteiger partial charge is 0.378 e. The van der Waals surface area contributed by atoms with Crippen molar-refractivity contribution in [2.24, 2.45) is 11.8 Å². The molecule has 3 aliphatic heterocycles. The van der Waals surface area contributed by atoms with E-state index in [2.05, 4.69) is 10.00 Å². The summed E-state index contributed by atoms with van der Waals surface area (Å²) in [5.74, 6) is 0.366. The van der Waals surface area contributed by atoms with Crippen LogP contribution in [0.2, 0.25) is 0 Å². The summed E-state index contributed by atoms with van der Waals surface area (Å²) >= 11 is 0. The summed E-state index contributed by atoms with van der Waals surface area (Å²) in [7, 11) is 0. The maximum Gasteiger partial charge on any atom is 0.416 e. The van der Waals surface area contributed by atoms with Crippen LogP contribution in [0.25, 0.3) is 0 Å². The summed E-state index contributed by atoms with van der Waals surface area (Å²) in [6, 6.07) is 5.18. The maximum atomic E-state index is 13.0. The van der Waals surface area contributed by atoms with E-state index in [0.717, 1.165) is 19.2 Å². The number of carbonyl (C=O) groups excluding carboxylic acids is 2. The van der Waals surface area contributed by atoms with E-state index in [1.807, 2.05) is 0 Å². The van der Waals surface area contributed by atoms with Crippen molar-refractivity contribution in [2.45, 2.75) is 12.7 Å². The van der Waals surface area contributed by atoms with Gasteiger partial charge in [0.15, 0.2) is 0 Å². The number of aromatic nitrogens is 2. The minimum Gasteiger partial charge on any atom is -0.378 e. The molecule has 11 heteroatoms. The lowest BCUT2D eigenvalue weighted by atomic mass is 10.0. The van der Waals surface area contributed by atoms with Crippen molar-refractivity contribution in [1.29, 1.82) is 0 Å². The number of alkyl halides is 3. The number of halogens is 3. The van der Waals surface area contributed by atoms with Crippen molar-refractivity contribution in [3.8, 4) is 0 Å². The van der Waals surface area contributed by atoms with E-state index >= 15 is 0 Å². The Morgan fingerprint density at radius 3 is 2.41 bits per heavy atom. The van der Waals surface area contributed by atoms with E-state index in [9.17, 15) is 22.8 Å². The molecule has 0 spiro atoms. The zero-order valence-corrected chi connectivity index (χ0v) is 18.6. The Morgan fingerprint density at radius 1 is 1.03 bits per heavy atom. The molecule has 5 rings (SSSR count). The summed E-state index contributed by atoms with van der Waals surface area (Å²) in [6.45, 7) is 5.08. The average Bonchev–Trinajstić information content (AvgIpc) is 3.54. The first kappa shape index (κ1) is 22.9. The number of amides is 2. The molecule has 1 aromatic carbocycles. The molecular weight excluding hydrogens is 451 g/mol. The van der Waals surface area contributed by atoms with Gasteiger partial charge >= 0.3 is 12.2 Å². The summed E-state index contributed by atoms with van der Waals surface area (Å²) < 4.78 is 45.4. The average molecular weight is 477 g/mol. The molecule has 0 radical (unpaired) electrons. The van der Waals surface area contributed by atoms with Gasteiger partial charge in [0, 0.05) is 52.0 Å². The zero-order chi connectivity index (χ0) is 23.9. The lowest BCUT2D eigenvalue weighted by Crippen LogP contribution is -2.40. The number of hydrogen-bond acceptors (Lipinski definition) is 5. The molecule has 0 N–H and O–H groups in total. The van der Waals surface area contributed by atoms with Gasteiger partial charge in [-0.15, -0.1) is 0 Å². The zero-order valence-electron chi connectivity index (χ0n) is 18.6. The number of hydrogen-bond donors (Lipinski definition) is 0. The van der Waals surface area contributed by atoms with Crippen LogP contribution in [-0.4, -0.2) is 88.9 Å². The van der Waals surface area contributed by atoms with Crippen molar-refractivity contribution < 1.29 is 27.5 Å². The predicted octanol–water partition coefficient (Wildman–Crippen LogP) is 2.41. The Balaban J connectivity index is 1.16. The molecule has 34 heavy (non-hydrogen) atoms. The van der Waals surface area contributed by atoms with Gasteiger partial charge in [-0.25, -0.2) is 4.79 Å². The summed E-state index contributed by atoms with van der Waals surface area (Å²) in [4.78, 5) is 31.1. The van der Waals surface area contributed by atoms with Gasteiger partial charge in [-0.1, -0.05) is 18.2 Å². The second-order valence-corrected chi connectivity index (χ2v) is 9.18. The fourth-order valence-electron chi connectivity index (χ4n) is 5.11. The summed E-state index contributed by atoms with van der Waals surface area (Å²) in [6.07, 6.45) is -1.45. The normalized spacial score (nSPS) is 23.4. The van der Waals surface area contributed by atoms with E-state index in [1.165, 1.54) is 29.2 Å². The van der Waals surface area contributed by atoms with E-state index in [0.29, 0.717) is 57.1 Å². The molecule has 2 atom stereocenters. The number of morpholine rings is 1. The number of ether oxygens (including phenoxy) is 1. The SMILES string of the molecule is O=C(c1cnn(C(=O)N2CC3CN(Cc4cccc(C(F)(F)F)c4)CC3C2)c1)N1CCOCC1.